The fraction of sp³-hybridized carbons (Fsp3) is 0.125. The Morgan fingerprint density at radius 1 is 0.966 bits per heavy atom. The number of ketones is 1. The summed E-state index contributed by atoms with van der Waals surface area (Å²) < 4.78 is 6.04. The van der Waals surface area contributed by atoms with E-state index in [1.54, 1.807) is 30.5 Å². The number of allylic oxidation sites excluding steroid dienone is 2. The Hall–Kier alpha value is -3.73. The third kappa shape index (κ3) is 3.43. The van der Waals surface area contributed by atoms with Crippen LogP contribution in [0.4, 0.5) is 0 Å². The summed E-state index contributed by atoms with van der Waals surface area (Å²) >= 11 is 0. The number of nitrogens with one attached hydrogen (secondary N) is 1. The summed E-state index contributed by atoms with van der Waals surface area (Å²) in [5.74, 6) is 1.87. The van der Waals surface area contributed by atoms with Crippen molar-refractivity contribution < 1.29 is 9.53 Å². The Labute approximate surface area is 168 Å². The molecule has 5 heteroatoms. The normalized spacial score (nSPS) is 13.8. The van der Waals surface area contributed by atoms with Gasteiger partial charge in [0.2, 0.25) is 11.7 Å². The minimum atomic E-state index is -0.150. The van der Waals surface area contributed by atoms with Crippen LogP contribution in [0.2, 0.25) is 0 Å². The molecule has 142 valence electrons. The van der Waals surface area contributed by atoms with Crippen molar-refractivity contribution in [1.29, 1.82) is 0 Å². The Bertz CT molecular complexity index is 1170. The lowest BCUT2D eigenvalue weighted by atomic mass is 9.98. The highest BCUT2D eigenvalue weighted by molar-refractivity contribution is 6.08. The standard InChI is InChI=1S/C24H19N3O2/c28-22(23-26-20-9-3-4-10-21(20)27-23)17-11-13-18(14-12-17)29-24-19(8-5-15-25-24)16-6-1-2-7-16/h1-5,8-16H,6-7H2,(H,26,27). The Balaban J connectivity index is 1.36. The molecule has 0 saturated heterocycles. The van der Waals surface area contributed by atoms with Crippen molar-refractivity contribution in [3.63, 3.8) is 0 Å². The fourth-order valence-electron chi connectivity index (χ4n) is 3.65. The largest absolute Gasteiger partial charge is 0.439 e. The lowest BCUT2D eigenvalue weighted by Crippen LogP contribution is -2.03. The van der Waals surface area contributed by atoms with Gasteiger partial charge in [-0.25, -0.2) is 9.97 Å². The number of ether oxygens (including phenoxy) is 1. The topological polar surface area (TPSA) is 67.9 Å². The van der Waals surface area contributed by atoms with Crippen LogP contribution in [-0.4, -0.2) is 20.7 Å². The number of fused-ring (bicyclic) bond motifs is 1. The van der Waals surface area contributed by atoms with E-state index < -0.39 is 0 Å². The molecule has 0 fully saturated rings. The van der Waals surface area contributed by atoms with E-state index in [-0.39, 0.29) is 5.78 Å². The van der Waals surface area contributed by atoms with Crippen molar-refractivity contribution in [3.8, 4) is 11.6 Å². The second kappa shape index (κ2) is 7.36. The molecule has 0 spiro atoms. The maximum absolute atomic E-state index is 12.8. The monoisotopic (exact) mass is 381 g/mol. The zero-order valence-corrected chi connectivity index (χ0v) is 15.7. The third-order valence-corrected chi connectivity index (χ3v) is 5.18. The van der Waals surface area contributed by atoms with Crippen LogP contribution in [0.1, 0.15) is 40.5 Å². The molecule has 0 unspecified atom stereocenters. The quantitative estimate of drug-likeness (QED) is 0.370. The number of hydrogen-bond donors (Lipinski definition) is 1. The van der Waals surface area contributed by atoms with E-state index in [0.29, 0.717) is 28.9 Å². The van der Waals surface area contributed by atoms with Gasteiger partial charge in [0, 0.05) is 17.3 Å². The molecular formula is C24H19N3O2. The first-order valence-electron chi connectivity index (χ1n) is 9.65. The van der Waals surface area contributed by atoms with Crippen LogP contribution < -0.4 is 4.74 Å². The van der Waals surface area contributed by atoms with Gasteiger partial charge in [-0.3, -0.25) is 4.79 Å². The van der Waals surface area contributed by atoms with Crippen molar-refractivity contribution in [2.45, 2.75) is 18.8 Å². The number of aromatic amines is 1. The Morgan fingerprint density at radius 3 is 2.55 bits per heavy atom. The minimum Gasteiger partial charge on any atom is -0.439 e. The van der Waals surface area contributed by atoms with Gasteiger partial charge in [0.25, 0.3) is 0 Å². The molecule has 5 nitrogen and oxygen atoms in total. The predicted molar refractivity (Wildman–Crippen MR) is 111 cm³/mol. The number of benzene rings is 2. The van der Waals surface area contributed by atoms with Gasteiger partial charge in [-0.05, 0) is 61.2 Å². The number of nitrogens with zero attached hydrogens (tertiary/aromatic N) is 2. The molecular weight excluding hydrogens is 362 g/mol. The number of carbonyl (C=O) groups excluding carboxylic acids is 1. The second-order valence-electron chi connectivity index (χ2n) is 7.10. The van der Waals surface area contributed by atoms with Gasteiger partial charge < -0.3 is 9.72 Å². The minimum absolute atomic E-state index is 0.150. The van der Waals surface area contributed by atoms with Crippen molar-refractivity contribution in [2.75, 3.05) is 0 Å². The first-order chi connectivity index (χ1) is 14.3. The number of rotatable bonds is 5. The summed E-state index contributed by atoms with van der Waals surface area (Å²) in [5.41, 5.74) is 3.29. The average molecular weight is 381 g/mol. The van der Waals surface area contributed by atoms with Gasteiger partial charge >= 0.3 is 0 Å². The molecule has 0 saturated carbocycles. The van der Waals surface area contributed by atoms with Crippen molar-refractivity contribution in [2.24, 2.45) is 0 Å². The highest BCUT2D eigenvalue weighted by Gasteiger charge is 2.19. The summed E-state index contributed by atoms with van der Waals surface area (Å²) in [6.07, 6.45) is 8.14. The first kappa shape index (κ1) is 17.4. The van der Waals surface area contributed by atoms with Gasteiger partial charge in [-0.1, -0.05) is 30.4 Å². The van der Waals surface area contributed by atoms with E-state index in [2.05, 4.69) is 33.2 Å². The molecule has 0 bridgehead atoms. The summed E-state index contributed by atoms with van der Waals surface area (Å²) in [6.45, 7) is 0. The highest BCUT2D eigenvalue weighted by atomic mass is 16.5. The van der Waals surface area contributed by atoms with Crippen LogP contribution in [0, 0.1) is 0 Å². The smallest absolute Gasteiger partial charge is 0.228 e. The lowest BCUT2D eigenvalue weighted by molar-refractivity contribution is 0.103. The van der Waals surface area contributed by atoms with E-state index in [4.69, 9.17) is 4.74 Å². The molecule has 1 aliphatic rings. The fourth-order valence-corrected chi connectivity index (χ4v) is 3.65. The third-order valence-electron chi connectivity index (χ3n) is 5.18. The molecule has 1 aliphatic carbocycles. The molecule has 4 aromatic rings. The van der Waals surface area contributed by atoms with Gasteiger partial charge in [0.15, 0.2) is 5.82 Å². The van der Waals surface area contributed by atoms with E-state index in [9.17, 15) is 4.79 Å². The molecule has 5 rings (SSSR count). The van der Waals surface area contributed by atoms with Gasteiger partial charge in [0.1, 0.15) is 5.75 Å². The zero-order valence-electron chi connectivity index (χ0n) is 15.7. The summed E-state index contributed by atoms with van der Waals surface area (Å²) in [4.78, 5) is 24.6. The van der Waals surface area contributed by atoms with Gasteiger partial charge in [-0.15, -0.1) is 0 Å². The molecule has 29 heavy (non-hydrogen) atoms. The summed E-state index contributed by atoms with van der Waals surface area (Å²) in [7, 11) is 0. The Morgan fingerprint density at radius 2 is 1.76 bits per heavy atom. The molecule has 2 aromatic heterocycles. The molecule has 0 atom stereocenters. The molecule has 0 radical (unpaired) electrons. The van der Waals surface area contributed by atoms with Crippen molar-refractivity contribution >= 4 is 16.8 Å². The van der Waals surface area contributed by atoms with Crippen LogP contribution in [0.25, 0.3) is 11.0 Å². The van der Waals surface area contributed by atoms with Gasteiger partial charge in [-0.2, -0.15) is 0 Å². The Kier molecular flexibility index (Phi) is 4.41. The molecule has 0 amide bonds. The second-order valence-corrected chi connectivity index (χ2v) is 7.10. The summed E-state index contributed by atoms with van der Waals surface area (Å²) in [6, 6.07) is 18.7. The van der Waals surface area contributed by atoms with Crippen LogP contribution in [0.15, 0.2) is 79.0 Å². The van der Waals surface area contributed by atoms with Crippen LogP contribution in [0.5, 0.6) is 11.6 Å². The van der Waals surface area contributed by atoms with Crippen LogP contribution >= 0.6 is 0 Å². The number of H-pyrrole nitrogens is 1. The first-order valence-corrected chi connectivity index (χ1v) is 9.65. The van der Waals surface area contributed by atoms with Gasteiger partial charge in [0.05, 0.1) is 11.0 Å². The number of hydrogen-bond acceptors (Lipinski definition) is 4. The number of imidazole rings is 1. The van der Waals surface area contributed by atoms with E-state index in [0.717, 1.165) is 29.4 Å². The van der Waals surface area contributed by atoms with E-state index in [1.807, 2.05) is 30.3 Å². The van der Waals surface area contributed by atoms with Crippen LogP contribution in [-0.2, 0) is 0 Å². The van der Waals surface area contributed by atoms with E-state index >= 15 is 0 Å². The zero-order chi connectivity index (χ0) is 19.6. The number of aromatic nitrogens is 3. The lowest BCUT2D eigenvalue weighted by Gasteiger charge is -2.14. The summed E-state index contributed by atoms with van der Waals surface area (Å²) in [5, 5.41) is 0. The number of carbonyl (C=O) groups is 1. The van der Waals surface area contributed by atoms with E-state index in [1.165, 1.54) is 0 Å². The average Bonchev–Trinajstić information content (AvgIpc) is 3.44. The SMILES string of the molecule is O=C(c1ccc(Oc2ncccc2C2CC=CC2)cc1)c1nc2ccccc2[nH]1. The highest BCUT2D eigenvalue weighted by Crippen LogP contribution is 2.35. The maximum Gasteiger partial charge on any atom is 0.228 e. The molecule has 0 aliphatic heterocycles. The maximum atomic E-state index is 12.8. The van der Waals surface area contributed by atoms with Crippen LogP contribution in [0.3, 0.4) is 0 Å². The van der Waals surface area contributed by atoms with Crippen molar-refractivity contribution in [3.05, 3.63) is 96.0 Å². The van der Waals surface area contributed by atoms with Crippen molar-refractivity contribution in [1.82, 2.24) is 15.0 Å². The molecule has 1 N–H and O–H groups in total. The number of para-hydroxylation sites is 2. The molecule has 2 heterocycles. The number of pyridine rings is 1. The molecule has 2 aromatic carbocycles. The predicted octanol–water partition coefficient (Wildman–Crippen LogP) is 5.41.